The predicted octanol–water partition coefficient (Wildman–Crippen LogP) is 1.80. The number of hydrogen-bond acceptors (Lipinski definition) is 4. The number of aromatic nitrogens is 2. The van der Waals surface area contributed by atoms with Crippen LogP contribution in [0, 0.1) is 0 Å². The van der Waals surface area contributed by atoms with Crippen LogP contribution in [0.15, 0.2) is 39.9 Å². The molecule has 2 aromatic rings. The number of unbranched alkanes of at least 4 members (excludes halogenated alkanes) is 1. The lowest BCUT2D eigenvalue weighted by Gasteiger charge is -2.14. The van der Waals surface area contributed by atoms with E-state index in [-0.39, 0.29) is 17.1 Å². The number of nitrogens with two attached hydrogens (primary N) is 1. The van der Waals surface area contributed by atoms with Crippen LogP contribution in [0.5, 0.6) is 0 Å². The highest BCUT2D eigenvalue weighted by molar-refractivity contribution is 6.30. The summed E-state index contributed by atoms with van der Waals surface area (Å²) >= 11 is 5.86. The van der Waals surface area contributed by atoms with Crippen LogP contribution in [-0.4, -0.2) is 9.13 Å². The van der Waals surface area contributed by atoms with Crippen LogP contribution < -0.4 is 22.5 Å². The van der Waals surface area contributed by atoms with Gasteiger partial charge in [-0.3, -0.25) is 13.9 Å². The van der Waals surface area contributed by atoms with E-state index < -0.39 is 0 Å². The summed E-state index contributed by atoms with van der Waals surface area (Å²) in [6.45, 7) is 2.72. The maximum Gasteiger partial charge on any atom is 0.332 e. The molecule has 7 heteroatoms. The molecule has 0 saturated heterocycles. The lowest BCUT2D eigenvalue weighted by atomic mass is 10.2. The van der Waals surface area contributed by atoms with E-state index in [1.165, 1.54) is 15.2 Å². The minimum absolute atomic E-state index is 0.290. The fraction of sp³-hybridized carbons (Fsp3) is 0.333. The summed E-state index contributed by atoms with van der Waals surface area (Å²) in [6, 6.07) is 8.51. The van der Waals surface area contributed by atoms with Gasteiger partial charge in [0.15, 0.2) is 0 Å². The van der Waals surface area contributed by atoms with E-state index in [1.807, 2.05) is 19.1 Å². The molecule has 0 radical (unpaired) electrons. The van der Waals surface area contributed by atoms with E-state index in [2.05, 4.69) is 5.43 Å². The van der Waals surface area contributed by atoms with Gasteiger partial charge in [0.1, 0.15) is 5.82 Å². The van der Waals surface area contributed by atoms with Crippen molar-refractivity contribution in [3.63, 3.8) is 0 Å². The summed E-state index contributed by atoms with van der Waals surface area (Å²) in [7, 11) is 0. The fourth-order valence-corrected chi connectivity index (χ4v) is 2.31. The number of benzene rings is 1. The normalized spacial score (nSPS) is 10.7. The standard InChI is InChI=1S/C15H19ClN4O2/c1-2-3-8-19-14(21)9-13(18-17)20(15(19)22)10-11-4-6-12(16)7-5-11/h4-7,9,18H,2-3,8,10,17H2,1H3. The Labute approximate surface area is 133 Å². The van der Waals surface area contributed by atoms with Crippen LogP contribution in [0.3, 0.4) is 0 Å². The molecule has 2 rings (SSSR count). The van der Waals surface area contributed by atoms with Crippen molar-refractivity contribution < 1.29 is 0 Å². The Bertz CT molecular complexity index is 750. The summed E-state index contributed by atoms with van der Waals surface area (Å²) < 4.78 is 2.68. The van der Waals surface area contributed by atoms with Gasteiger partial charge in [-0.05, 0) is 24.1 Å². The average Bonchev–Trinajstić information content (AvgIpc) is 2.51. The Hall–Kier alpha value is -2.05. The fourth-order valence-electron chi connectivity index (χ4n) is 2.18. The van der Waals surface area contributed by atoms with E-state index in [1.54, 1.807) is 12.1 Å². The van der Waals surface area contributed by atoms with Crippen molar-refractivity contribution in [2.75, 3.05) is 5.43 Å². The molecule has 1 aromatic heterocycles. The molecule has 0 aliphatic heterocycles. The van der Waals surface area contributed by atoms with Gasteiger partial charge in [0.05, 0.1) is 6.54 Å². The molecule has 0 aliphatic rings. The molecule has 0 bridgehead atoms. The van der Waals surface area contributed by atoms with Gasteiger partial charge in [-0.15, -0.1) is 0 Å². The second-order valence-electron chi connectivity index (χ2n) is 5.01. The number of nitrogens with one attached hydrogen (secondary N) is 1. The zero-order valence-electron chi connectivity index (χ0n) is 12.4. The zero-order chi connectivity index (χ0) is 16.1. The molecule has 1 heterocycles. The molecule has 0 amide bonds. The number of halogens is 1. The zero-order valence-corrected chi connectivity index (χ0v) is 13.1. The van der Waals surface area contributed by atoms with Crippen molar-refractivity contribution in [1.29, 1.82) is 0 Å². The molecule has 0 atom stereocenters. The summed E-state index contributed by atoms with van der Waals surface area (Å²) in [5.41, 5.74) is 2.59. The third-order valence-corrected chi connectivity index (χ3v) is 3.67. The second kappa shape index (κ2) is 7.29. The monoisotopic (exact) mass is 322 g/mol. The third kappa shape index (κ3) is 3.58. The third-order valence-electron chi connectivity index (χ3n) is 3.42. The van der Waals surface area contributed by atoms with Crippen molar-refractivity contribution >= 4 is 17.4 Å². The number of nitrogens with zero attached hydrogens (tertiary/aromatic N) is 2. The van der Waals surface area contributed by atoms with Gasteiger partial charge in [0, 0.05) is 17.6 Å². The maximum absolute atomic E-state index is 12.6. The Morgan fingerprint density at radius 1 is 1.18 bits per heavy atom. The molecule has 118 valence electrons. The molecule has 0 saturated carbocycles. The smallest absolute Gasteiger partial charge is 0.310 e. The molecular formula is C15H19ClN4O2. The number of hydrazine groups is 1. The second-order valence-corrected chi connectivity index (χ2v) is 5.45. The molecule has 0 spiro atoms. The summed E-state index contributed by atoms with van der Waals surface area (Å²) in [4.78, 5) is 24.6. The summed E-state index contributed by atoms with van der Waals surface area (Å²) in [6.07, 6.45) is 1.67. The molecule has 6 nitrogen and oxygen atoms in total. The van der Waals surface area contributed by atoms with Gasteiger partial charge in [-0.25, -0.2) is 10.6 Å². The van der Waals surface area contributed by atoms with Crippen LogP contribution in [0.2, 0.25) is 5.02 Å². The highest BCUT2D eigenvalue weighted by Crippen LogP contribution is 2.11. The van der Waals surface area contributed by atoms with Crippen molar-refractivity contribution in [3.8, 4) is 0 Å². The number of anilines is 1. The van der Waals surface area contributed by atoms with Gasteiger partial charge in [-0.2, -0.15) is 0 Å². The Morgan fingerprint density at radius 2 is 1.86 bits per heavy atom. The van der Waals surface area contributed by atoms with E-state index in [9.17, 15) is 9.59 Å². The number of hydrogen-bond donors (Lipinski definition) is 2. The first-order valence-electron chi connectivity index (χ1n) is 7.12. The number of rotatable bonds is 6. The summed E-state index contributed by atoms with van der Waals surface area (Å²) in [5.74, 6) is 5.73. The van der Waals surface area contributed by atoms with Crippen LogP contribution >= 0.6 is 11.6 Å². The van der Waals surface area contributed by atoms with Crippen LogP contribution in [0.25, 0.3) is 0 Å². The topological polar surface area (TPSA) is 82.0 Å². The quantitative estimate of drug-likeness (QED) is 0.627. The maximum atomic E-state index is 12.6. The first-order valence-corrected chi connectivity index (χ1v) is 7.50. The van der Waals surface area contributed by atoms with Crippen molar-refractivity contribution in [2.45, 2.75) is 32.9 Å². The Balaban J connectivity index is 2.46. The lowest BCUT2D eigenvalue weighted by molar-refractivity contribution is 0.548. The van der Waals surface area contributed by atoms with Crippen LogP contribution in [-0.2, 0) is 13.1 Å². The van der Waals surface area contributed by atoms with Gasteiger partial charge >= 0.3 is 5.69 Å². The van der Waals surface area contributed by atoms with E-state index >= 15 is 0 Å². The molecule has 0 unspecified atom stereocenters. The van der Waals surface area contributed by atoms with E-state index in [0.29, 0.717) is 18.1 Å². The number of nitrogen functional groups attached to an aromatic ring is 1. The van der Waals surface area contributed by atoms with E-state index in [0.717, 1.165) is 18.4 Å². The first-order chi connectivity index (χ1) is 10.6. The molecule has 0 aliphatic carbocycles. The van der Waals surface area contributed by atoms with Crippen molar-refractivity contribution in [2.24, 2.45) is 5.84 Å². The highest BCUT2D eigenvalue weighted by atomic mass is 35.5. The molecule has 1 aromatic carbocycles. The minimum atomic E-state index is -0.371. The minimum Gasteiger partial charge on any atom is -0.310 e. The van der Waals surface area contributed by atoms with Crippen molar-refractivity contribution in [1.82, 2.24) is 9.13 Å². The van der Waals surface area contributed by atoms with Crippen LogP contribution in [0.1, 0.15) is 25.3 Å². The largest absolute Gasteiger partial charge is 0.332 e. The lowest BCUT2D eigenvalue weighted by Crippen LogP contribution is -2.41. The van der Waals surface area contributed by atoms with E-state index in [4.69, 9.17) is 17.4 Å². The molecule has 0 fully saturated rings. The first kappa shape index (κ1) is 16.3. The predicted molar refractivity (Wildman–Crippen MR) is 88.2 cm³/mol. The average molecular weight is 323 g/mol. The van der Waals surface area contributed by atoms with Gasteiger partial charge in [-0.1, -0.05) is 37.1 Å². The Morgan fingerprint density at radius 3 is 2.45 bits per heavy atom. The van der Waals surface area contributed by atoms with Gasteiger partial charge < -0.3 is 5.43 Å². The van der Waals surface area contributed by atoms with Gasteiger partial charge in [0.25, 0.3) is 5.56 Å². The highest BCUT2D eigenvalue weighted by Gasteiger charge is 2.11. The van der Waals surface area contributed by atoms with Gasteiger partial charge in [0.2, 0.25) is 0 Å². The summed E-state index contributed by atoms with van der Waals surface area (Å²) in [5, 5.41) is 0.626. The molecule has 3 N–H and O–H groups in total. The van der Waals surface area contributed by atoms with Crippen molar-refractivity contribution in [3.05, 3.63) is 61.8 Å². The Kier molecular flexibility index (Phi) is 5.41. The molecule has 22 heavy (non-hydrogen) atoms. The SMILES string of the molecule is CCCCn1c(=O)cc(NN)n(Cc2ccc(Cl)cc2)c1=O. The molecular weight excluding hydrogens is 304 g/mol. The van der Waals surface area contributed by atoms with Crippen LogP contribution in [0.4, 0.5) is 5.82 Å².